The minimum atomic E-state index is -0.223. The summed E-state index contributed by atoms with van der Waals surface area (Å²) >= 11 is 0. The van der Waals surface area contributed by atoms with E-state index < -0.39 is 0 Å². The molecule has 1 N–H and O–H groups in total. The summed E-state index contributed by atoms with van der Waals surface area (Å²) in [6, 6.07) is 17.4. The highest BCUT2D eigenvalue weighted by atomic mass is 16.1. The number of carbonyl (C=O) groups is 1. The van der Waals surface area contributed by atoms with Crippen LogP contribution in [-0.4, -0.2) is 25.1 Å². The number of rotatable bonds is 5. The second-order valence-corrected chi connectivity index (χ2v) is 6.21. The van der Waals surface area contributed by atoms with Gasteiger partial charge in [0.2, 0.25) is 5.91 Å². The maximum atomic E-state index is 12.4. The normalized spacial score (nSPS) is 12.2. The van der Waals surface area contributed by atoms with Crippen molar-refractivity contribution in [1.29, 1.82) is 0 Å². The Morgan fingerprint density at radius 2 is 1.73 bits per heavy atom. The molecule has 1 atom stereocenters. The number of amides is 1. The van der Waals surface area contributed by atoms with Crippen LogP contribution in [0.5, 0.6) is 0 Å². The number of pyridine rings is 1. The molecule has 0 aliphatic heterocycles. The lowest BCUT2D eigenvalue weighted by Crippen LogP contribution is -2.29. The SMILES string of the molecule is C[C@H](NC(=O)Cc1ccc(-n2cccc2)cc1)c1nnc2ccccn12. The Morgan fingerprint density at radius 1 is 1.00 bits per heavy atom. The quantitative estimate of drug-likeness (QED) is 0.605. The van der Waals surface area contributed by atoms with Gasteiger partial charge < -0.3 is 9.88 Å². The maximum absolute atomic E-state index is 12.4. The van der Waals surface area contributed by atoms with Gasteiger partial charge in [-0.3, -0.25) is 9.20 Å². The number of hydrogen-bond donors (Lipinski definition) is 1. The van der Waals surface area contributed by atoms with Crippen LogP contribution in [0.2, 0.25) is 0 Å². The van der Waals surface area contributed by atoms with Gasteiger partial charge in [-0.1, -0.05) is 18.2 Å². The fraction of sp³-hybridized carbons (Fsp3) is 0.150. The number of fused-ring (bicyclic) bond motifs is 1. The van der Waals surface area contributed by atoms with E-state index in [0.29, 0.717) is 6.42 Å². The van der Waals surface area contributed by atoms with E-state index in [-0.39, 0.29) is 11.9 Å². The molecule has 3 aromatic heterocycles. The molecule has 6 nitrogen and oxygen atoms in total. The molecule has 0 radical (unpaired) electrons. The molecule has 1 amide bonds. The van der Waals surface area contributed by atoms with Crippen molar-refractivity contribution in [1.82, 2.24) is 24.5 Å². The van der Waals surface area contributed by atoms with E-state index in [4.69, 9.17) is 0 Å². The summed E-state index contributed by atoms with van der Waals surface area (Å²) in [6.07, 6.45) is 6.21. The van der Waals surface area contributed by atoms with E-state index in [9.17, 15) is 4.79 Å². The molecule has 26 heavy (non-hydrogen) atoms. The molecule has 1 aromatic carbocycles. The average molecular weight is 345 g/mol. The van der Waals surface area contributed by atoms with Gasteiger partial charge in [0.15, 0.2) is 11.5 Å². The first-order valence-electron chi connectivity index (χ1n) is 8.52. The van der Waals surface area contributed by atoms with Crippen LogP contribution in [0.1, 0.15) is 24.4 Å². The van der Waals surface area contributed by atoms with E-state index in [1.807, 2.05) is 89.1 Å². The lowest BCUT2D eigenvalue weighted by molar-refractivity contribution is -0.121. The Kier molecular flexibility index (Phi) is 4.23. The number of aromatic nitrogens is 4. The highest BCUT2D eigenvalue weighted by molar-refractivity contribution is 5.79. The topological polar surface area (TPSA) is 64.2 Å². The van der Waals surface area contributed by atoms with Crippen molar-refractivity contribution in [2.24, 2.45) is 0 Å². The lowest BCUT2D eigenvalue weighted by atomic mass is 10.1. The fourth-order valence-corrected chi connectivity index (χ4v) is 2.99. The molecule has 4 aromatic rings. The average Bonchev–Trinajstić information content (AvgIpc) is 3.32. The summed E-state index contributed by atoms with van der Waals surface area (Å²) in [7, 11) is 0. The molecule has 0 bridgehead atoms. The predicted octanol–water partition coefficient (Wildman–Crippen LogP) is 2.94. The van der Waals surface area contributed by atoms with Gasteiger partial charge in [-0.25, -0.2) is 0 Å². The van der Waals surface area contributed by atoms with Crippen LogP contribution in [-0.2, 0) is 11.2 Å². The van der Waals surface area contributed by atoms with E-state index in [0.717, 1.165) is 22.7 Å². The Labute approximate surface area is 151 Å². The summed E-state index contributed by atoms with van der Waals surface area (Å²) in [4.78, 5) is 12.4. The fourth-order valence-electron chi connectivity index (χ4n) is 2.99. The van der Waals surface area contributed by atoms with Crippen LogP contribution in [0.4, 0.5) is 0 Å². The van der Waals surface area contributed by atoms with Crippen molar-refractivity contribution in [3.05, 3.63) is 84.6 Å². The zero-order chi connectivity index (χ0) is 17.9. The van der Waals surface area contributed by atoms with Crippen LogP contribution >= 0.6 is 0 Å². The van der Waals surface area contributed by atoms with Gasteiger partial charge in [0.25, 0.3) is 0 Å². The Morgan fingerprint density at radius 3 is 2.50 bits per heavy atom. The third-order valence-corrected chi connectivity index (χ3v) is 4.31. The minimum Gasteiger partial charge on any atom is -0.346 e. The first-order valence-corrected chi connectivity index (χ1v) is 8.52. The minimum absolute atomic E-state index is 0.0427. The zero-order valence-corrected chi connectivity index (χ0v) is 14.4. The van der Waals surface area contributed by atoms with E-state index >= 15 is 0 Å². The molecule has 0 fully saturated rings. The van der Waals surface area contributed by atoms with Gasteiger partial charge in [0.05, 0.1) is 12.5 Å². The molecule has 4 rings (SSSR count). The second kappa shape index (κ2) is 6.84. The molecule has 0 spiro atoms. The summed E-state index contributed by atoms with van der Waals surface area (Å²) in [5, 5.41) is 11.3. The van der Waals surface area contributed by atoms with E-state index in [1.54, 1.807) is 0 Å². The van der Waals surface area contributed by atoms with Crippen LogP contribution in [0.25, 0.3) is 11.3 Å². The van der Waals surface area contributed by atoms with E-state index in [2.05, 4.69) is 15.5 Å². The standard InChI is InChI=1S/C20H19N5O/c1-15(20-23-22-18-6-2-3-13-25(18)20)21-19(26)14-16-7-9-17(10-8-16)24-11-4-5-12-24/h2-13,15H,14H2,1H3,(H,21,26)/t15-/m0/s1. The molecule has 0 saturated carbocycles. The zero-order valence-electron chi connectivity index (χ0n) is 14.4. The third-order valence-electron chi connectivity index (χ3n) is 4.31. The summed E-state index contributed by atoms with van der Waals surface area (Å²) in [6.45, 7) is 1.91. The Balaban J connectivity index is 1.42. The smallest absolute Gasteiger partial charge is 0.224 e. The molecule has 0 unspecified atom stereocenters. The molecule has 6 heteroatoms. The van der Waals surface area contributed by atoms with Crippen molar-refractivity contribution < 1.29 is 4.79 Å². The first kappa shape index (κ1) is 16.1. The largest absolute Gasteiger partial charge is 0.346 e. The van der Waals surface area contributed by atoms with Crippen molar-refractivity contribution >= 4 is 11.6 Å². The summed E-state index contributed by atoms with van der Waals surface area (Å²) < 4.78 is 3.92. The Hall–Kier alpha value is -3.41. The highest BCUT2D eigenvalue weighted by Gasteiger charge is 2.15. The van der Waals surface area contributed by atoms with E-state index in [1.165, 1.54) is 0 Å². The number of benzene rings is 1. The van der Waals surface area contributed by atoms with Gasteiger partial charge >= 0.3 is 0 Å². The second-order valence-electron chi connectivity index (χ2n) is 6.21. The van der Waals surface area contributed by atoms with Gasteiger partial charge in [-0.05, 0) is 48.9 Å². The van der Waals surface area contributed by atoms with Gasteiger partial charge in [-0.15, -0.1) is 10.2 Å². The van der Waals surface area contributed by atoms with Gasteiger partial charge in [0, 0.05) is 24.3 Å². The highest BCUT2D eigenvalue weighted by Crippen LogP contribution is 2.13. The third kappa shape index (κ3) is 3.21. The van der Waals surface area contributed by atoms with Crippen molar-refractivity contribution in [2.45, 2.75) is 19.4 Å². The number of hydrogen-bond acceptors (Lipinski definition) is 3. The van der Waals surface area contributed by atoms with Crippen LogP contribution in [0.3, 0.4) is 0 Å². The molecular formula is C20H19N5O. The first-order chi connectivity index (χ1) is 12.7. The number of nitrogens with one attached hydrogen (secondary N) is 1. The van der Waals surface area contributed by atoms with Crippen molar-refractivity contribution in [2.75, 3.05) is 0 Å². The molecule has 0 aliphatic rings. The van der Waals surface area contributed by atoms with Crippen LogP contribution < -0.4 is 5.32 Å². The molecule has 3 heterocycles. The van der Waals surface area contributed by atoms with Crippen LogP contribution in [0.15, 0.2) is 73.2 Å². The Bertz CT molecular complexity index is 1020. The number of nitrogens with zero attached hydrogens (tertiary/aromatic N) is 4. The number of carbonyl (C=O) groups excluding carboxylic acids is 1. The van der Waals surface area contributed by atoms with Gasteiger partial charge in [-0.2, -0.15) is 0 Å². The van der Waals surface area contributed by atoms with Crippen LogP contribution in [0, 0.1) is 0 Å². The van der Waals surface area contributed by atoms with Gasteiger partial charge in [0.1, 0.15) is 0 Å². The summed E-state index contributed by atoms with van der Waals surface area (Å²) in [5.74, 6) is 0.677. The van der Waals surface area contributed by atoms with Crippen molar-refractivity contribution in [3.8, 4) is 5.69 Å². The molecule has 0 aliphatic carbocycles. The lowest BCUT2D eigenvalue weighted by Gasteiger charge is -2.12. The summed E-state index contributed by atoms with van der Waals surface area (Å²) in [5.41, 5.74) is 2.81. The van der Waals surface area contributed by atoms with Crippen molar-refractivity contribution in [3.63, 3.8) is 0 Å². The molecule has 0 saturated heterocycles. The molecule has 130 valence electrons. The molecular weight excluding hydrogens is 326 g/mol. The predicted molar refractivity (Wildman–Crippen MR) is 99.0 cm³/mol. The monoisotopic (exact) mass is 345 g/mol. The maximum Gasteiger partial charge on any atom is 0.224 e.